The summed E-state index contributed by atoms with van der Waals surface area (Å²) in [4.78, 5) is 11.4. The normalized spacial score (nSPS) is 20.3. The van der Waals surface area contributed by atoms with Crippen LogP contribution in [0.2, 0.25) is 0 Å². The Morgan fingerprint density at radius 3 is 2.11 bits per heavy atom. The summed E-state index contributed by atoms with van der Waals surface area (Å²) in [5.41, 5.74) is 2.92. The zero-order valence-electron chi connectivity index (χ0n) is 23.4. The molecule has 0 saturated heterocycles. The van der Waals surface area contributed by atoms with E-state index in [0.717, 1.165) is 73.8 Å². The molecule has 0 fully saturated rings. The number of ether oxygens (including phenoxy) is 2. The van der Waals surface area contributed by atoms with Crippen molar-refractivity contribution in [3.05, 3.63) is 22.8 Å². The van der Waals surface area contributed by atoms with Gasteiger partial charge in [0.05, 0.1) is 5.92 Å². The van der Waals surface area contributed by atoms with Gasteiger partial charge in [0, 0.05) is 6.92 Å². The summed E-state index contributed by atoms with van der Waals surface area (Å²) in [7, 11) is 0. The zero-order valence-corrected chi connectivity index (χ0v) is 23.4. The van der Waals surface area contributed by atoms with Crippen LogP contribution in [-0.2, 0) is 11.2 Å². The third-order valence-electron chi connectivity index (χ3n) is 8.08. The SMILES string of the molecule is CC(=O)Oc1cc2c(c(C)c1C)OC(C)(CCCC(C)CCCC(C)CCCC(C)C(F)(F)F)CC2. The molecule has 0 aliphatic carbocycles. The van der Waals surface area contributed by atoms with Crippen molar-refractivity contribution in [1.29, 1.82) is 0 Å². The second-order valence-electron chi connectivity index (χ2n) is 11.7. The topological polar surface area (TPSA) is 35.5 Å². The summed E-state index contributed by atoms with van der Waals surface area (Å²) in [6.45, 7) is 13.4. The molecule has 0 N–H and O–H groups in total. The monoisotopic (exact) mass is 512 g/mol. The molecule has 0 bridgehead atoms. The molecule has 3 nitrogen and oxygen atoms in total. The van der Waals surface area contributed by atoms with Gasteiger partial charge in [-0.25, -0.2) is 0 Å². The molecule has 0 saturated carbocycles. The van der Waals surface area contributed by atoms with Crippen molar-refractivity contribution >= 4 is 5.97 Å². The Kier molecular flexibility index (Phi) is 11.2. The number of aryl methyl sites for hydroxylation is 1. The molecule has 0 aromatic heterocycles. The van der Waals surface area contributed by atoms with E-state index in [0.29, 0.717) is 24.0 Å². The first-order chi connectivity index (χ1) is 16.7. The van der Waals surface area contributed by atoms with E-state index in [-0.39, 0.29) is 18.0 Å². The lowest BCUT2D eigenvalue weighted by Crippen LogP contribution is -2.36. The lowest BCUT2D eigenvalue weighted by Gasteiger charge is -2.37. The van der Waals surface area contributed by atoms with Gasteiger partial charge in [-0.2, -0.15) is 13.2 Å². The summed E-state index contributed by atoms with van der Waals surface area (Å²) < 4.78 is 49.9. The minimum Gasteiger partial charge on any atom is -0.487 e. The fourth-order valence-electron chi connectivity index (χ4n) is 5.25. The van der Waals surface area contributed by atoms with Crippen molar-refractivity contribution in [2.24, 2.45) is 17.8 Å². The third-order valence-corrected chi connectivity index (χ3v) is 8.08. The number of alkyl halides is 3. The van der Waals surface area contributed by atoms with Crippen molar-refractivity contribution in [2.45, 2.75) is 131 Å². The molecule has 1 aromatic carbocycles. The first-order valence-corrected chi connectivity index (χ1v) is 13.8. The predicted molar refractivity (Wildman–Crippen MR) is 140 cm³/mol. The number of carbonyl (C=O) groups is 1. The number of hydrogen-bond acceptors (Lipinski definition) is 3. The summed E-state index contributed by atoms with van der Waals surface area (Å²) in [5.74, 6) is 1.20. The Morgan fingerprint density at radius 2 is 1.56 bits per heavy atom. The minimum absolute atomic E-state index is 0.186. The van der Waals surface area contributed by atoms with Gasteiger partial charge in [-0.1, -0.05) is 59.3 Å². The highest BCUT2D eigenvalue weighted by molar-refractivity contribution is 5.70. The number of halogens is 3. The second kappa shape index (κ2) is 13.2. The van der Waals surface area contributed by atoms with Crippen LogP contribution in [0.3, 0.4) is 0 Å². The van der Waals surface area contributed by atoms with Crippen LogP contribution in [0.1, 0.15) is 116 Å². The number of benzene rings is 1. The molecule has 0 radical (unpaired) electrons. The summed E-state index contributed by atoms with van der Waals surface area (Å²) in [6.07, 6.45) is 6.26. The first-order valence-electron chi connectivity index (χ1n) is 13.8. The van der Waals surface area contributed by atoms with Crippen LogP contribution in [0.15, 0.2) is 6.07 Å². The molecule has 1 aliphatic rings. The highest BCUT2D eigenvalue weighted by Gasteiger charge is 2.35. The van der Waals surface area contributed by atoms with Gasteiger partial charge in [0.25, 0.3) is 0 Å². The lowest BCUT2D eigenvalue weighted by molar-refractivity contribution is -0.171. The minimum atomic E-state index is -4.06. The van der Waals surface area contributed by atoms with Crippen LogP contribution < -0.4 is 9.47 Å². The molecule has 1 heterocycles. The van der Waals surface area contributed by atoms with Gasteiger partial charge in [-0.3, -0.25) is 4.79 Å². The van der Waals surface area contributed by atoms with E-state index >= 15 is 0 Å². The number of esters is 1. The molecule has 4 atom stereocenters. The van der Waals surface area contributed by atoms with Crippen LogP contribution in [0.25, 0.3) is 0 Å². The predicted octanol–water partition coefficient (Wildman–Crippen LogP) is 9.29. The molecule has 6 heteroatoms. The van der Waals surface area contributed by atoms with Crippen molar-refractivity contribution in [3.63, 3.8) is 0 Å². The number of fused-ring (bicyclic) bond motifs is 1. The molecular weight excluding hydrogens is 465 g/mol. The maximum atomic E-state index is 12.6. The highest BCUT2D eigenvalue weighted by atomic mass is 19.4. The lowest BCUT2D eigenvalue weighted by atomic mass is 9.85. The fraction of sp³-hybridized carbons (Fsp3) is 0.767. The van der Waals surface area contributed by atoms with Crippen LogP contribution in [0, 0.1) is 31.6 Å². The molecular formula is C30H47F3O3. The Hall–Kier alpha value is -1.72. The largest absolute Gasteiger partial charge is 0.487 e. The van der Waals surface area contributed by atoms with Crippen molar-refractivity contribution in [1.82, 2.24) is 0 Å². The van der Waals surface area contributed by atoms with E-state index in [1.54, 1.807) is 0 Å². The average molecular weight is 513 g/mol. The second-order valence-corrected chi connectivity index (χ2v) is 11.7. The molecule has 36 heavy (non-hydrogen) atoms. The van der Waals surface area contributed by atoms with Crippen molar-refractivity contribution < 1.29 is 27.4 Å². The van der Waals surface area contributed by atoms with Gasteiger partial charge < -0.3 is 9.47 Å². The van der Waals surface area contributed by atoms with Gasteiger partial charge in [0.2, 0.25) is 0 Å². The molecule has 0 spiro atoms. The van der Waals surface area contributed by atoms with E-state index < -0.39 is 12.1 Å². The average Bonchev–Trinajstić information content (AvgIpc) is 2.77. The van der Waals surface area contributed by atoms with E-state index in [1.165, 1.54) is 20.3 Å². The first kappa shape index (κ1) is 30.5. The number of hydrogen-bond donors (Lipinski definition) is 0. The van der Waals surface area contributed by atoms with E-state index in [2.05, 4.69) is 20.8 Å². The van der Waals surface area contributed by atoms with Gasteiger partial charge in [-0.05, 0) is 87.5 Å². The van der Waals surface area contributed by atoms with Crippen molar-refractivity contribution in [2.75, 3.05) is 0 Å². The number of carbonyl (C=O) groups excluding carboxylic acids is 1. The molecule has 1 aromatic rings. The smallest absolute Gasteiger partial charge is 0.391 e. The van der Waals surface area contributed by atoms with Crippen LogP contribution in [0.5, 0.6) is 11.5 Å². The molecule has 1 aliphatic heterocycles. The van der Waals surface area contributed by atoms with E-state index in [9.17, 15) is 18.0 Å². The van der Waals surface area contributed by atoms with Crippen molar-refractivity contribution in [3.8, 4) is 11.5 Å². The third kappa shape index (κ3) is 9.30. The van der Waals surface area contributed by atoms with Crippen LogP contribution in [0.4, 0.5) is 13.2 Å². The Bertz CT molecular complexity index is 864. The van der Waals surface area contributed by atoms with Gasteiger partial charge in [0.1, 0.15) is 17.1 Å². The van der Waals surface area contributed by atoms with Crippen LogP contribution >= 0.6 is 0 Å². The maximum Gasteiger partial charge on any atom is 0.391 e. The molecule has 206 valence electrons. The van der Waals surface area contributed by atoms with E-state index in [4.69, 9.17) is 9.47 Å². The quantitative estimate of drug-likeness (QED) is 0.195. The van der Waals surface area contributed by atoms with E-state index in [1.807, 2.05) is 19.9 Å². The molecule has 0 amide bonds. The zero-order chi connectivity index (χ0) is 27.1. The molecule has 4 unspecified atom stereocenters. The number of rotatable bonds is 13. The Balaban J connectivity index is 1.72. The maximum absolute atomic E-state index is 12.6. The van der Waals surface area contributed by atoms with Crippen LogP contribution in [-0.4, -0.2) is 17.7 Å². The molecule has 2 rings (SSSR count). The Morgan fingerprint density at radius 1 is 1.00 bits per heavy atom. The van der Waals surface area contributed by atoms with Gasteiger partial charge in [0.15, 0.2) is 0 Å². The summed E-state index contributed by atoms with van der Waals surface area (Å²) in [5, 5.41) is 0. The standard InChI is InChI=1S/C30H47F3O3/c1-20(13-9-15-22(3)30(31,32)33)11-8-12-21(2)14-10-17-29(7)18-16-26-19-27(35-25(6)34)23(4)24(5)28(26)36-29/h19-22H,8-18H2,1-7H3. The van der Waals surface area contributed by atoms with Gasteiger partial charge in [-0.15, -0.1) is 0 Å². The summed E-state index contributed by atoms with van der Waals surface area (Å²) >= 11 is 0. The summed E-state index contributed by atoms with van der Waals surface area (Å²) in [6, 6.07) is 1.96. The van der Waals surface area contributed by atoms with Gasteiger partial charge >= 0.3 is 12.1 Å². The highest BCUT2D eigenvalue weighted by Crippen LogP contribution is 2.42. The Labute approximate surface area is 216 Å². The fourth-order valence-corrected chi connectivity index (χ4v) is 5.25.